The second kappa shape index (κ2) is 8.23. The molecular formula is C23H27NO4. The lowest BCUT2D eigenvalue weighted by molar-refractivity contribution is -0.117. The highest BCUT2D eigenvalue weighted by Crippen LogP contribution is 2.46. The fraction of sp³-hybridized carbons (Fsp3) is 0.435. The van der Waals surface area contributed by atoms with Gasteiger partial charge in [0.15, 0.2) is 0 Å². The van der Waals surface area contributed by atoms with E-state index in [9.17, 15) is 4.79 Å². The molecule has 2 aliphatic carbocycles. The van der Waals surface area contributed by atoms with E-state index in [1.54, 1.807) is 7.11 Å². The van der Waals surface area contributed by atoms with Crippen LogP contribution >= 0.6 is 0 Å². The average molecular weight is 381 g/mol. The van der Waals surface area contributed by atoms with Crippen LogP contribution < -0.4 is 14.8 Å². The van der Waals surface area contributed by atoms with Crippen LogP contribution in [0.5, 0.6) is 11.5 Å². The van der Waals surface area contributed by atoms with Crippen molar-refractivity contribution in [2.24, 2.45) is 11.3 Å². The molecule has 28 heavy (non-hydrogen) atoms. The summed E-state index contributed by atoms with van der Waals surface area (Å²) in [7, 11) is 1.69. The van der Waals surface area contributed by atoms with E-state index in [1.807, 2.05) is 48.5 Å². The first-order valence-electron chi connectivity index (χ1n) is 9.90. The zero-order valence-electron chi connectivity index (χ0n) is 16.3. The summed E-state index contributed by atoms with van der Waals surface area (Å²) in [5.74, 6) is 2.02. The van der Waals surface area contributed by atoms with E-state index in [-0.39, 0.29) is 17.2 Å². The number of amides is 1. The largest absolute Gasteiger partial charge is 0.493 e. The number of nitrogens with one attached hydrogen (secondary N) is 1. The number of hydrogen-bond donors (Lipinski definition) is 1. The first-order valence-corrected chi connectivity index (χ1v) is 9.90. The Morgan fingerprint density at radius 3 is 2.39 bits per heavy atom. The predicted octanol–water partition coefficient (Wildman–Crippen LogP) is 4.42. The lowest BCUT2D eigenvalue weighted by atomic mass is 10.1. The van der Waals surface area contributed by atoms with Crippen molar-refractivity contribution in [3.63, 3.8) is 0 Å². The van der Waals surface area contributed by atoms with Gasteiger partial charge in [-0.3, -0.25) is 4.79 Å². The van der Waals surface area contributed by atoms with Crippen molar-refractivity contribution in [2.75, 3.05) is 25.6 Å². The van der Waals surface area contributed by atoms with Crippen molar-refractivity contribution in [2.45, 2.75) is 32.3 Å². The van der Waals surface area contributed by atoms with Gasteiger partial charge in [0.1, 0.15) is 11.5 Å². The van der Waals surface area contributed by atoms with Gasteiger partial charge in [-0.05, 0) is 67.6 Å². The fourth-order valence-corrected chi connectivity index (χ4v) is 3.10. The van der Waals surface area contributed by atoms with Gasteiger partial charge < -0.3 is 19.5 Å². The normalized spacial score (nSPS) is 17.0. The number of methoxy groups -OCH3 is 1. The van der Waals surface area contributed by atoms with Crippen LogP contribution in [0.25, 0.3) is 0 Å². The molecule has 2 saturated carbocycles. The zero-order valence-corrected chi connectivity index (χ0v) is 16.3. The van der Waals surface area contributed by atoms with E-state index in [4.69, 9.17) is 14.2 Å². The summed E-state index contributed by atoms with van der Waals surface area (Å²) in [5.41, 5.74) is 2.02. The van der Waals surface area contributed by atoms with Gasteiger partial charge in [-0.2, -0.15) is 0 Å². The Bertz CT molecular complexity index is 810. The molecule has 0 saturated heterocycles. The maximum Gasteiger partial charge on any atom is 0.227 e. The smallest absolute Gasteiger partial charge is 0.227 e. The van der Waals surface area contributed by atoms with Crippen LogP contribution in [-0.2, 0) is 16.1 Å². The monoisotopic (exact) mass is 381 g/mol. The quantitative estimate of drug-likeness (QED) is 0.662. The molecule has 4 rings (SSSR count). The molecule has 1 N–H and O–H groups in total. The van der Waals surface area contributed by atoms with E-state index in [0.717, 1.165) is 48.4 Å². The maximum atomic E-state index is 11.8. The van der Waals surface area contributed by atoms with Gasteiger partial charge >= 0.3 is 0 Å². The van der Waals surface area contributed by atoms with Crippen LogP contribution in [0.2, 0.25) is 0 Å². The average Bonchev–Trinajstić information content (AvgIpc) is 3.62. The number of rotatable bonds is 10. The van der Waals surface area contributed by atoms with Gasteiger partial charge in [0, 0.05) is 24.1 Å². The molecule has 148 valence electrons. The van der Waals surface area contributed by atoms with Crippen LogP contribution in [0.15, 0.2) is 48.5 Å². The van der Waals surface area contributed by atoms with E-state index in [2.05, 4.69) is 5.32 Å². The van der Waals surface area contributed by atoms with Crippen LogP contribution in [-0.4, -0.2) is 26.2 Å². The molecule has 5 heteroatoms. The van der Waals surface area contributed by atoms with Crippen molar-refractivity contribution < 1.29 is 19.0 Å². The van der Waals surface area contributed by atoms with Gasteiger partial charge in [0.2, 0.25) is 5.91 Å². The zero-order chi connectivity index (χ0) is 19.4. The number of ether oxygens (including phenoxy) is 3. The molecule has 2 aliphatic rings. The number of carbonyl (C=O) groups excluding carboxylic acids is 1. The van der Waals surface area contributed by atoms with Crippen LogP contribution in [0.3, 0.4) is 0 Å². The minimum absolute atomic E-state index is 0.0934. The van der Waals surface area contributed by atoms with Crippen LogP contribution in [0, 0.1) is 11.3 Å². The second-order valence-corrected chi connectivity index (χ2v) is 7.95. The topological polar surface area (TPSA) is 56.8 Å². The van der Waals surface area contributed by atoms with Crippen molar-refractivity contribution >= 4 is 11.6 Å². The highest BCUT2D eigenvalue weighted by atomic mass is 16.5. The molecule has 0 bridgehead atoms. The SMILES string of the molecule is COCc1cccc(OCC2(COc3ccc(NC(=O)C4CC4)cc3)CC2)c1. The number of anilines is 1. The molecule has 0 aromatic heterocycles. The van der Waals surface area contributed by atoms with Gasteiger partial charge in [-0.1, -0.05) is 12.1 Å². The summed E-state index contributed by atoms with van der Waals surface area (Å²) >= 11 is 0. The van der Waals surface area contributed by atoms with Gasteiger partial charge in [0.25, 0.3) is 0 Å². The van der Waals surface area contributed by atoms with Crippen molar-refractivity contribution in [1.82, 2.24) is 0 Å². The molecule has 2 aromatic rings. The Morgan fingerprint density at radius 2 is 1.75 bits per heavy atom. The first kappa shape index (κ1) is 18.8. The van der Waals surface area contributed by atoms with Crippen LogP contribution in [0.4, 0.5) is 5.69 Å². The molecule has 0 unspecified atom stereocenters. The summed E-state index contributed by atoms with van der Waals surface area (Å²) in [6.45, 7) is 1.88. The summed E-state index contributed by atoms with van der Waals surface area (Å²) in [5, 5.41) is 2.94. The Balaban J connectivity index is 1.25. The highest BCUT2D eigenvalue weighted by molar-refractivity contribution is 5.94. The molecule has 0 atom stereocenters. The van der Waals surface area contributed by atoms with Crippen LogP contribution in [0.1, 0.15) is 31.2 Å². The number of hydrogen-bond acceptors (Lipinski definition) is 4. The Hall–Kier alpha value is -2.53. The highest BCUT2D eigenvalue weighted by Gasteiger charge is 2.44. The lowest BCUT2D eigenvalue weighted by Gasteiger charge is -2.18. The summed E-state index contributed by atoms with van der Waals surface area (Å²) in [6, 6.07) is 15.6. The van der Waals surface area contributed by atoms with Gasteiger partial charge in [-0.15, -0.1) is 0 Å². The maximum absolute atomic E-state index is 11.8. The molecule has 0 radical (unpaired) electrons. The summed E-state index contributed by atoms with van der Waals surface area (Å²) < 4.78 is 17.2. The van der Waals surface area contributed by atoms with Gasteiger partial charge in [-0.25, -0.2) is 0 Å². The first-order chi connectivity index (χ1) is 13.7. The molecule has 1 amide bonds. The third-order valence-corrected chi connectivity index (χ3v) is 5.33. The standard InChI is InChI=1S/C23H27NO4/c1-26-14-17-3-2-4-21(13-17)28-16-23(11-12-23)15-27-20-9-7-19(8-10-20)24-22(25)18-5-6-18/h2-4,7-10,13,18H,5-6,11-12,14-16H2,1H3,(H,24,25). The molecule has 2 aromatic carbocycles. The number of benzene rings is 2. The van der Waals surface area contributed by atoms with Crippen molar-refractivity contribution in [3.05, 3.63) is 54.1 Å². The summed E-state index contributed by atoms with van der Waals surface area (Å²) in [6.07, 6.45) is 4.24. The fourth-order valence-electron chi connectivity index (χ4n) is 3.10. The Kier molecular flexibility index (Phi) is 5.53. The van der Waals surface area contributed by atoms with Crippen molar-refractivity contribution in [1.29, 1.82) is 0 Å². The molecule has 0 spiro atoms. The predicted molar refractivity (Wildman–Crippen MR) is 108 cm³/mol. The van der Waals surface area contributed by atoms with E-state index in [0.29, 0.717) is 19.8 Å². The van der Waals surface area contributed by atoms with E-state index < -0.39 is 0 Å². The third-order valence-electron chi connectivity index (χ3n) is 5.33. The number of carbonyl (C=O) groups is 1. The Morgan fingerprint density at radius 1 is 1.04 bits per heavy atom. The minimum atomic E-state index is 0.0934. The molecule has 5 nitrogen and oxygen atoms in total. The molecule has 0 aliphatic heterocycles. The molecular weight excluding hydrogens is 354 g/mol. The summed E-state index contributed by atoms with van der Waals surface area (Å²) in [4.78, 5) is 11.8. The third kappa shape index (κ3) is 5.04. The van der Waals surface area contributed by atoms with Crippen molar-refractivity contribution in [3.8, 4) is 11.5 Å². The molecule has 0 heterocycles. The van der Waals surface area contributed by atoms with E-state index >= 15 is 0 Å². The minimum Gasteiger partial charge on any atom is -0.493 e. The lowest BCUT2D eigenvalue weighted by Crippen LogP contribution is -2.21. The van der Waals surface area contributed by atoms with Gasteiger partial charge in [0.05, 0.1) is 19.8 Å². The second-order valence-electron chi connectivity index (χ2n) is 7.95. The van der Waals surface area contributed by atoms with E-state index in [1.165, 1.54) is 0 Å². The Labute approximate surface area is 166 Å². The molecule has 2 fully saturated rings.